The summed E-state index contributed by atoms with van der Waals surface area (Å²) in [6.07, 6.45) is 3.32. The van der Waals surface area contributed by atoms with E-state index in [0.29, 0.717) is 6.42 Å². The van der Waals surface area contributed by atoms with E-state index in [0.717, 1.165) is 25.0 Å². The molecule has 1 aromatic rings. The number of methoxy groups -OCH3 is 1. The Kier molecular flexibility index (Phi) is 5.83. The van der Waals surface area contributed by atoms with E-state index in [9.17, 15) is 4.79 Å². The summed E-state index contributed by atoms with van der Waals surface area (Å²) in [5, 5.41) is 0. The highest BCUT2D eigenvalue weighted by molar-refractivity contribution is 5.75. The maximum atomic E-state index is 11.0. The van der Waals surface area contributed by atoms with E-state index in [1.54, 1.807) is 7.11 Å². The summed E-state index contributed by atoms with van der Waals surface area (Å²) in [5.41, 5.74) is 7.26. The third-order valence-electron chi connectivity index (χ3n) is 3.67. The van der Waals surface area contributed by atoms with Gasteiger partial charge in [0.15, 0.2) is 0 Å². The lowest BCUT2D eigenvalue weighted by molar-refractivity contribution is -0.121. The minimum atomic E-state index is -0.0978. The van der Waals surface area contributed by atoms with Crippen molar-refractivity contribution in [1.29, 1.82) is 0 Å². The number of nitrogens with one attached hydrogen (secondary N) is 1. The Morgan fingerprint density at radius 3 is 2.53 bits per heavy atom. The summed E-state index contributed by atoms with van der Waals surface area (Å²) in [5.74, 6) is 5.90. The molecule has 0 aromatic heterocycles. The fourth-order valence-electron chi connectivity index (χ4n) is 2.36. The second-order valence-electron chi connectivity index (χ2n) is 4.90. The molecule has 106 valence electrons. The van der Waals surface area contributed by atoms with E-state index >= 15 is 0 Å². The number of aryl methyl sites for hydroxylation is 1. The average molecular weight is 264 g/mol. The van der Waals surface area contributed by atoms with Crippen LogP contribution < -0.4 is 16.0 Å². The van der Waals surface area contributed by atoms with Crippen LogP contribution in [0.25, 0.3) is 0 Å². The molecule has 0 radical (unpaired) electrons. The molecule has 1 aromatic carbocycles. The van der Waals surface area contributed by atoms with Crippen LogP contribution in [0.1, 0.15) is 41.5 Å². The fourth-order valence-corrected chi connectivity index (χ4v) is 2.36. The number of carbonyl (C=O) groups is 1. The number of amides is 1. The smallest absolute Gasteiger partial charge is 0.233 e. The summed E-state index contributed by atoms with van der Waals surface area (Å²) >= 11 is 0. The zero-order chi connectivity index (χ0) is 14.4. The van der Waals surface area contributed by atoms with Gasteiger partial charge in [-0.05, 0) is 68.4 Å². The highest BCUT2D eigenvalue weighted by Crippen LogP contribution is 2.28. The van der Waals surface area contributed by atoms with Crippen molar-refractivity contribution >= 4 is 5.91 Å². The number of benzene rings is 1. The molecule has 1 rings (SSSR count). The molecular weight excluding hydrogens is 240 g/mol. The Bertz CT molecular complexity index is 456. The molecule has 0 aliphatic carbocycles. The van der Waals surface area contributed by atoms with Crippen LogP contribution in [0.15, 0.2) is 6.07 Å². The third-order valence-corrected chi connectivity index (χ3v) is 3.67. The predicted molar refractivity (Wildman–Crippen MR) is 77.1 cm³/mol. The Hall–Kier alpha value is -1.55. The third kappa shape index (κ3) is 3.96. The van der Waals surface area contributed by atoms with Gasteiger partial charge in [0.1, 0.15) is 5.75 Å². The summed E-state index contributed by atoms with van der Waals surface area (Å²) in [7, 11) is 1.70. The van der Waals surface area contributed by atoms with E-state index in [2.05, 4.69) is 32.3 Å². The molecule has 0 fully saturated rings. The monoisotopic (exact) mass is 264 g/mol. The normalized spacial score (nSPS) is 10.4. The van der Waals surface area contributed by atoms with Crippen LogP contribution in [-0.4, -0.2) is 13.0 Å². The van der Waals surface area contributed by atoms with Gasteiger partial charge in [0, 0.05) is 6.42 Å². The van der Waals surface area contributed by atoms with Crippen LogP contribution >= 0.6 is 0 Å². The maximum absolute atomic E-state index is 11.0. The van der Waals surface area contributed by atoms with Gasteiger partial charge in [-0.25, -0.2) is 5.84 Å². The second kappa shape index (κ2) is 7.14. The first-order chi connectivity index (χ1) is 9.01. The van der Waals surface area contributed by atoms with Gasteiger partial charge in [0.2, 0.25) is 5.91 Å². The van der Waals surface area contributed by atoms with Crippen LogP contribution in [0, 0.1) is 20.8 Å². The van der Waals surface area contributed by atoms with Crippen molar-refractivity contribution in [3.05, 3.63) is 28.3 Å². The Morgan fingerprint density at radius 1 is 1.26 bits per heavy atom. The van der Waals surface area contributed by atoms with E-state index in [1.807, 2.05) is 0 Å². The van der Waals surface area contributed by atoms with E-state index in [4.69, 9.17) is 10.6 Å². The van der Waals surface area contributed by atoms with Crippen molar-refractivity contribution in [1.82, 2.24) is 5.43 Å². The lowest BCUT2D eigenvalue weighted by Gasteiger charge is -2.16. The zero-order valence-electron chi connectivity index (χ0n) is 12.3. The van der Waals surface area contributed by atoms with Crippen molar-refractivity contribution in [3.63, 3.8) is 0 Å². The molecule has 0 atom stereocenters. The van der Waals surface area contributed by atoms with E-state index < -0.39 is 0 Å². The summed E-state index contributed by atoms with van der Waals surface area (Å²) in [6.45, 7) is 6.32. The summed E-state index contributed by atoms with van der Waals surface area (Å²) in [6, 6.07) is 2.09. The Labute approximate surface area is 115 Å². The number of nitrogens with two attached hydrogens (primary N) is 1. The largest absolute Gasteiger partial charge is 0.496 e. The number of hydrogen-bond donors (Lipinski definition) is 2. The van der Waals surface area contributed by atoms with Crippen LogP contribution in [0.5, 0.6) is 5.75 Å². The molecule has 0 heterocycles. The minimum absolute atomic E-state index is 0.0978. The van der Waals surface area contributed by atoms with Crippen LogP contribution in [-0.2, 0) is 11.2 Å². The van der Waals surface area contributed by atoms with Gasteiger partial charge in [0.05, 0.1) is 7.11 Å². The predicted octanol–water partition coefficient (Wildman–Crippen LogP) is 2.32. The molecular formula is C15H24N2O2. The highest BCUT2D eigenvalue weighted by atomic mass is 16.5. The van der Waals surface area contributed by atoms with Gasteiger partial charge in [-0.3, -0.25) is 10.2 Å². The van der Waals surface area contributed by atoms with Gasteiger partial charge < -0.3 is 4.74 Å². The van der Waals surface area contributed by atoms with Crippen molar-refractivity contribution in [2.75, 3.05) is 7.11 Å². The van der Waals surface area contributed by atoms with Crippen molar-refractivity contribution < 1.29 is 9.53 Å². The van der Waals surface area contributed by atoms with Gasteiger partial charge in [0.25, 0.3) is 0 Å². The first-order valence-electron chi connectivity index (χ1n) is 6.64. The van der Waals surface area contributed by atoms with Gasteiger partial charge in [-0.2, -0.15) is 0 Å². The van der Waals surface area contributed by atoms with Gasteiger partial charge >= 0.3 is 0 Å². The number of ether oxygens (including phenoxy) is 1. The molecule has 0 saturated carbocycles. The van der Waals surface area contributed by atoms with Crippen LogP contribution in [0.3, 0.4) is 0 Å². The van der Waals surface area contributed by atoms with Crippen molar-refractivity contribution in [2.45, 2.75) is 46.5 Å². The Balaban J connectivity index is 2.69. The quantitative estimate of drug-likeness (QED) is 0.359. The molecule has 19 heavy (non-hydrogen) atoms. The standard InChI is InChI=1S/C15H24N2O2/c1-10-9-14(19-4)12(3)11(2)13(10)7-5-6-8-15(18)17-16/h9H,5-8,16H2,1-4H3,(H,17,18). The summed E-state index contributed by atoms with van der Waals surface area (Å²) in [4.78, 5) is 11.0. The molecule has 0 unspecified atom stereocenters. The molecule has 4 heteroatoms. The Morgan fingerprint density at radius 2 is 1.95 bits per heavy atom. The highest BCUT2D eigenvalue weighted by Gasteiger charge is 2.10. The molecule has 0 aliphatic rings. The number of unbranched alkanes of at least 4 members (excludes halogenated alkanes) is 1. The molecule has 0 bridgehead atoms. The number of carbonyl (C=O) groups excluding carboxylic acids is 1. The molecule has 0 spiro atoms. The number of rotatable bonds is 6. The molecule has 1 amide bonds. The lowest BCUT2D eigenvalue weighted by Crippen LogP contribution is -2.29. The molecule has 4 nitrogen and oxygen atoms in total. The fraction of sp³-hybridized carbons (Fsp3) is 0.533. The molecule has 0 saturated heterocycles. The topological polar surface area (TPSA) is 64.3 Å². The summed E-state index contributed by atoms with van der Waals surface area (Å²) < 4.78 is 5.37. The van der Waals surface area contributed by atoms with Crippen LogP contribution in [0.2, 0.25) is 0 Å². The van der Waals surface area contributed by atoms with Gasteiger partial charge in [-0.15, -0.1) is 0 Å². The van der Waals surface area contributed by atoms with Gasteiger partial charge in [-0.1, -0.05) is 0 Å². The second-order valence-corrected chi connectivity index (χ2v) is 4.90. The maximum Gasteiger partial charge on any atom is 0.233 e. The van der Waals surface area contributed by atoms with Crippen molar-refractivity contribution in [2.24, 2.45) is 5.84 Å². The van der Waals surface area contributed by atoms with E-state index in [1.165, 1.54) is 22.3 Å². The number of hydrazine groups is 1. The average Bonchev–Trinajstić information content (AvgIpc) is 2.41. The first kappa shape index (κ1) is 15.5. The SMILES string of the molecule is COc1cc(C)c(CCCCC(=O)NN)c(C)c1C. The van der Waals surface area contributed by atoms with Crippen molar-refractivity contribution in [3.8, 4) is 5.75 Å². The zero-order valence-corrected chi connectivity index (χ0v) is 12.3. The molecule has 3 N–H and O–H groups in total. The lowest BCUT2D eigenvalue weighted by atomic mass is 9.93. The van der Waals surface area contributed by atoms with E-state index in [-0.39, 0.29) is 5.91 Å². The molecule has 0 aliphatic heterocycles. The van der Waals surface area contributed by atoms with Crippen LogP contribution in [0.4, 0.5) is 0 Å². The minimum Gasteiger partial charge on any atom is -0.496 e. The first-order valence-corrected chi connectivity index (χ1v) is 6.64. The number of hydrogen-bond acceptors (Lipinski definition) is 3.